The smallest absolute Gasteiger partial charge is 0.0827 e. The van der Waals surface area contributed by atoms with Gasteiger partial charge in [0.05, 0.1) is 6.10 Å². The van der Waals surface area contributed by atoms with E-state index in [1.807, 2.05) is 6.07 Å². The second-order valence-corrected chi connectivity index (χ2v) is 6.06. The lowest BCUT2D eigenvalue weighted by Gasteiger charge is -2.14. The zero-order chi connectivity index (χ0) is 15.2. The summed E-state index contributed by atoms with van der Waals surface area (Å²) in [6, 6.07) is 10.5. The van der Waals surface area contributed by atoms with Gasteiger partial charge in [0.2, 0.25) is 0 Å². The molecule has 1 aromatic carbocycles. The molecule has 0 saturated heterocycles. The Bertz CT molecular complexity index is 326. The molecule has 1 unspecified atom stereocenters. The minimum Gasteiger partial charge on any atom is -0.301 e. The van der Waals surface area contributed by atoms with Crippen molar-refractivity contribution >= 4 is 0 Å². The standard InChI is InChI=1S/C19H33NO/c1-2-3-4-5-6-7-8-9-13-16-19(21-20)17-18-14-11-10-12-15-18/h10-12,14-15,19H,2-9,13,16-17,20H2,1H3. The molecular weight excluding hydrogens is 258 g/mol. The number of hydrogen-bond acceptors (Lipinski definition) is 2. The Morgan fingerprint density at radius 3 is 2.00 bits per heavy atom. The predicted molar refractivity (Wildman–Crippen MR) is 91.1 cm³/mol. The normalized spacial score (nSPS) is 12.5. The molecule has 0 aromatic heterocycles. The Kier molecular flexibility index (Phi) is 11.1. The highest BCUT2D eigenvalue weighted by molar-refractivity contribution is 5.15. The Labute approximate surface area is 131 Å². The summed E-state index contributed by atoms with van der Waals surface area (Å²) >= 11 is 0. The van der Waals surface area contributed by atoms with E-state index in [0.29, 0.717) is 0 Å². The summed E-state index contributed by atoms with van der Waals surface area (Å²) in [5, 5.41) is 0. The molecule has 0 amide bonds. The summed E-state index contributed by atoms with van der Waals surface area (Å²) in [7, 11) is 0. The first kappa shape index (κ1) is 18.2. The monoisotopic (exact) mass is 291 g/mol. The van der Waals surface area contributed by atoms with Crippen molar-refractivity contribution in [1.29, 1.82) is 0 Å². The second-order valence-electron chi connectivity index (χ2n) is 6.06. The van der Waals surface area contributed by atoms with E-state index in [1.165, 1.54) is 63.4 Å². The van der Waals surface area contributed by atoms with Crippen LogP contribution in [0.25, 0.3) is 0 Å². The minimum atomic E-state index is 0.164. The minimum absolute atomic E-state index is 0.164. The highest BCUT2D eigenvalue weighted by atomic mass is 16.6. The fourth-order valence-corrected chi connectivity index (χ4v) is 2.78. The van der Waals surface area contributed by atoms with Crippen LogP contribution < -0.4 is 5.90 Å². The van der Waals surface area contributed by atoms with E-state index in [4.69, 9.17) is 10.7 Å². The predicted octanol–water partition coefficient (Wildman–Crippen LogP) is 5.41. The Balaban J connectivity index is 2.00. The van der Waals surface area contributed by atoms with Gasteiger partial charge in [-0.2, -0.15) is 0 Å². The summed E-state index contributed by atoms with van der Waals surface area (Å²) in [5.74, 6) is 5.43. The SMILES string of the molecule is CCCCCCCCCCCC(Cc1ccccc1)ON. The van der Waals surface area contributed by atoms with E-state index < -0.39 is 0 Å². The first-order valence-corrected chi connectivity index (χ1v) is 8.76. The molecule has 0 aliphatic carbocycles. The Morgan fingerprint density at radius 1 is 0.857 bits per heavy atom. The third kappa shape index (κ3) is 9.65. The molecule has 2 nitrogen and oxygen atoms in total. The molecule has 1 aromatic rings. The molecule has 0 fully saturated rings. The lowest BCUT2D eigenvalue weighted by atomic mass is 10.0. The van der Waals surface area contributed by atoms with Crippen LogP contribution in [0, 0.1) is 0 Å². The van der Waals surface area contributed by atoms with Crippen LogP contribution in [-0.2, 0) is 11.3 Å². The van der Waals surface area contributed by atoms with Crippen molar-refractivity contribution in [3.8, 4) is 0 Å². The van der Waals surface area contributed by atoms with Crippen molar-refractivity contribution in [2.75, 3.05) is 0 Å². The maximum Gasteiger partial charge on any atom is 0.0827 e. The van der Waals surface area contributed by atoms with Crippen LogP contribution >= 0.6 is 0 Å². The van der Waals surface area contributed by atoms with E-state index in [0.717, 1.165) is 12.8 Å². The molecule has 0 bridgehead atoms. The van der Waals surface area contributed by atoms with Crippen molar-refractivity contribution in [1.82, 2.24) is 0 Å². The van der Waals surface area contributed by atoms with Crippen LogP contribution in [0.15, 0.2) is 30.3 Å². The third-order valence-electron chi connectivity index (χ3n) is 4.13. The van der Waals surface area contributed by atoms with Crippen LogP contribution in [0.5, 0.6) is 0 Å². The topological polar surface area (TPSA) is 35.2 Å². The van der Waals surface area contributed by atoms with E-state index >= 15 is 0 Å². The van der Waals surface area contributed by atoms with E-state index in [-0.39, 0.29) is 6.10 Å². The van der Waals surface area contributed by atoms with Crippen LogP contribution in [0.2, 0.25) is 0 Å². The third-order valence-corrected chi connectivity index (χ3v) is 4.13. The highest BCUT2D eigenvalue weighted by Gasteiger charge is 2.08. The van der Waals surface area contributed by atoms with Crippen LogP contribution in [0.3, 0.4) is 0 Å². The fourth-order valence-electron chi connectivity index (χ4n) is 2.78. The molecule has 0 aliphatic rings. The molecule has 2 N–H and O–H groups in total. The van der Waals surface area contributed by atoms with Crippen molar-refractivity contribution in [3.05, 3.63) is 35.9 Å². The van der Waals surface area contributed by atoms with E-state index in [9.17, 15) is 0 Å². The number of benzene rings is 1. The average molecular weight is 291 g/mol. The maximum absolute atomic E-state index is 5.43. The summed E-state index contributed by atoms with van der Waals surface area (Å²) in [5.41, 5.74) is 1.31. The molecule has 0 heterocycles. The molecule has 0 radical (unpaired) electrons. The molecule has 0 spiro atoms. The maximum atomic E-state index is 5.43. The van der Waals surface area contributed by atoms with E-state index in [2.05, 4.69) is 31.2 Å². The second kappa shape index (κ2) is 12.8. The first-order valence-electron chi connectivity index (χ1n) is 8.76. The van der Waals surface area contributed by atoms with Gasteiger partial charge in [0.1, 0.15) is 0 Å². The number of unbranched alkanes of at least 4 members (excludes halogenated alkanes) is 8. The summed E-state index contributed by atoms with van der Waals surface area (Å²) < 4.78 is 0. The van der Waals surface area contributed by atoms with Gasteiger partial charge in [-0.15, -0.1) is 0 Å². The van der Waals surface area contributed by atoms with Crippen molar-refractivity contribution < 1.29 is 4.84 Å². The van der Waals surface area contributed by atoms with Gasteiger partial charge < -0.3 is 4.84 Å². The van der Waals surface area contributed by atoms with Gasteiger partial charge in [0.25, 0.3) is 0 Å². The van der Waals surface area contributed by atoms with Gasteiger partial charge in [-0.25, -0.2) is 5.90 Å². The van der Waals surface area contributed by atoms with Gasteiger partial charge in [-0.1, -0.05) is 95.0 Å². The number of nitrogens with two attached hydrogens (primary N) is 1. The quantitative estimate of drug-likeness (QED) is 0.389. The van der Waals surface area contributed by atoms with Crippen LogP contribution in [-0.4, -0.2) is 6.10 Å². The molecule has 1 rings (SSSR count). The lowest BCUT2D eigenvalue weighted by molar-refractivity contribution is 0.0458. The van der Waals surface area contributed by atoms with Crippen molar-refractivity contribution in [2.45, 2.75) is 83.7 Å². The molecule has 2 heteroatoms. The summed E-state index contributed by atoms with van der Waals surface area (Å²) in [6.07, 6.45) is 14.4. The molecule has 0 aliphatic heterocycles. The molecule has 21 heavy (non-hydrogen) atoms. The lowest BCUT2D eigenvalue weighted by Crippen LogP contribution is -2.20. The molecule has 120 valence electrons. The molecule has 0 saturated carbocycles. The van der Waals surface area contributed by atoms with Gasteiger partial charge in [0, 0.05) is 6.42 Å². The Hall–Kier alpha value is -0.860. The Morgan fingerprint density at radius 2 is 1.43 bits per heavy atom. The van der Waals surface area contributed by atoms with Crippen molar-refractivity contribution in [2.24, 2.45) is 5.90 Å². The average Bonchev–Trinajstić information content (AvgIpc) is 2.53. The highest BCUT2D eigenvalue weighted by Crippen LogP contribution is 2.14. The summed E-state index contributed by atoms with van der Waals surface area (Å²) in [6.45, 7) is 2.27. The number of hydrogen-bond donors (Lipinski definition) is 1. The van der Waals surface area contributed by atoms with Gasteiger partial charge >= 0.3 is 0 Å². The summed E-state index contributed by atoms with van der Waals surface area (Å²) in [4.78, 5) is 5.13. The van der Waals surface area contributed by atoms with Crippen LogP contribution in [0.4, 0.5) is 0 Å². The van der Waals surface area contributed by atoms with Gasteiger partial charge in [-0.05, 0) is 12.0 Å². The van der Waals surface area contributed by atoms with Gasteiger partial charge in [0.15, 0.2) is 0 Å². The van der Waals surface area contributed by atoms with Gasteiger partial charge in [-0.3, -0.25) is 0 Å². The zero-order valence-corrected chi connectivity index (χ0v) is 13.7. The first-order chi connectivity index (χ1) is 10.4. The van der Waals surface area contributed by atoms with E-state index in [1.54, 1.807) is 0 Å². The fraction of sp³-hybridized carbons (Fsp3) is 0.684. The number of rotatable bonds is 13. The van der Waals surface area contributed by atoms with Crippen molar-refractivity contribution in [3.63, 3.8) is 0 Å². The largest absolute Gasteiger partial charge is 0.301 e. The molecule has 1 atom stereocenters. The zero-order valence-electron chi connectivity index (χ0n) is 13.7. The molecular formula is C19H33NO. The van der Waals surface area contributed by atoms with Crippen LogP contribution in [0.1, 0.15) is 76.7 Å².